The van der Waals surface area contributed by atoms with Crippen LogP contribution < -0.4 is 0 Å². The molecule has 0 saturated carbocycles. The summed E-state index contributed by atoms with van der Waals surface area (Å²) >= 11 is 11.9. The Kier molecular flexibility index (Phi) is 4.63. The van der Waals surface area contributed by atoms with Crippen LogP contribution in [0.25, 0.3) is 0 Å². The lowest BCUT2D eigenvalue weighted by atomic mass is 10.1. The molecule has 5 nitrogen and oxygen atoms in total. The van der Waals surface area contributed by atoms with Crippen LogP contribution in [0.2, 0.25) is 10.0 Å². The van der Waals surface area contributed by atoms with Gasteiger partial charge >= 0.3 is 0 Å². The second-order valence-electron chi connectivity index (χ2n) is 5.11. The Bertz CT molecular complexity index is 680. The van der Waals surface area contributed by atoms with E-state index in [0.29, 0.717) is 42.0 Å². The van der Waals surface area contributed by atoms with Gasteiger partial charge < -0.3 is 9.26 Å². The molecule has 2 aromatic rings. The molecule has 0 N–H and O–H groups in total. The zero-order valence-electron chi connectivity index (χ0n) is 11.9. The lowest BCUT2D eigenvalue weighted by molar-refractivity contribution is -0.0339. The van der Waals surface area contributed by atoms with Gasteiger partial charge in [0.1, 0.15) is 5.82 Å². The van der Waals surface area contributed by atoms with Crippen LogP contribution in [0.3, 0.4) is 0 Å². The molecule has 22 heavy (non-hydrogen) atoms. The number of hydrogen-bond donors (Lipinski definition) is 0. The molecule has 0 radical (unpaired) electrons. The van der Waals surface area contributed by atoms with Crippen molar-refractivity contribution < 1.29 is 13.7 Å². The Hall–Kier alpha value is -1.21. The molecule has 1 fully saturated rings. The van der Waals surface area contributed by atoms with Gasteiger partial charge in [-0.2, -0.15) is 4.98 Å². The van der Waals surface area contributed by atoms with Crippen LogP contribution in [0.5, 0.6) is 0 Å². The third kappa shape index (κ3) is 3.41. The van der Waals surface area contributed by atoms with Crippen molar-refractivity contribution in [2.45, 2.75) is 19.6 Å². The van der Waals surface area contributed by atoms with Crippen LogP contribution in [0.4, 0.5) is 4.39 Å². The van der Waals surface area contributed by atoms with Crippen molar-refractivity contribution in [3.63, 3.8) is 0 Å². The zero-order chi connectivity index (χ0) is 15.7. The van der Waals surface area contributed by atoms with Crippen molar-refractivity contribution in [1.82, 2.24) is 15.0 Å². The molecule has 0 amide bonds. The maximum Gasteiger partial charge on any atom is 0.223 e. The summed E-state index contributed by atoms with van der Waals surface area (Å²) in [5.74, 6) is 0.643. The summed E-state index contributed by atoms with van der Waals surface area (Å²) in [4.78, 5) is 6.29. The lowest BCUT2D eigenvalue weighted by Gasteiger charge is -2.32. The van der Waals surface area contributed by atoms with Gasteiger partial charge in [-0.15, -0.1) is 0 Å². The largest absolute Gasteiger partial charge is 0.371 e. The van der Waals surface area contributed by atoms with Crippen molar-refractivity contribution >= 4 is 23.2 Å². The quantitative estimate of drug-likeness (QED) is 0.798. The number of rotatable bonds is 3. The number of benzene rings is 1. The molecule has 1 saturated heterocycles. The highest BCUT2D eigenvalue weighted by atomic mass is 35.5. The van der Waals surface area contributed by atoms with E-state index in [1.54, 1.807) is 6.92 Å². The van der Waals surface area contributed by atoms with Crippen LogP contribution in [-0.2, 0) is 11.3 Å². The smallest absolute Gasteiger partial charge is 0.223 e. The average Bonchev–Trinajstić information content (AvgIpc) is 2.88. The van der Waals surface area contributed by atoms with Gasteiger partial charge in [0, 0.05) is 30.6 Å². The third-order valence-electron chi connectivity index (χ3n) is 3.47. The molecule has 0 bridgehead atoms. The highest BCUT2D eigenvalue weighted by Gasteiger charge is 2.25. The summed E-state index contributed by atoms with van der Waals surface area (Å²) in [5, 5.41) is 4.28. The summed E-state index contributed by atoms with van der Waals surface area (Å²) in [6.07, 6.45) is -0.319. The Balaban J connectivity index is 1.74. The minimum Gasteiger partial charge on any atom is -0.371 e. The van der Waals surface area contributed by atoms with Crippen molar-refractivity contribution in [3.05, 3.63) is 45.3 Å². The fourth-order valence-corrected chi connectivity index (χ4v) is 2.93. The van der Waals surface area contributed by atoms with E-state index < -0.39 is 5.82 Å². The van der Waals surface area contributed by atoms with Crippen LogP contribution in [-0.4, -0.2) is 34.7 Å². The van der Waals surface area contributed by atoms with E-state index in [-0.39, 0.29) is 11.1 Å². The Labute approximate surface area is 137 Å². The van der Waals surface area contributed by atoms with E-state index in [0.717, 1.165) is 6.54 Å². The van der Waals surface area contributed by atoms with Crippen molar-refractivity contribution in [2.75, 3.05) is 19.7 Å². The van der Waals surface area contributed by atoms with E-state index in [1.165, 1.54) is 12.1 Å². The molecule has 1 atom stereocenters. The molecule has 1 aliphatic heterocycles. The van der Waals surface area contributed by atoms with Crippen molar-refractivity contribution in [1.29, 1.82) is 0 Å². The van der Waals surface area contributed by atoms with Gasteiger partial charge in [0.2, 0.25) is 5.89 Å². The normalized spacial score (nSPS) is 19.5. The number of aromatic nitrogens is 2. The highest BCUT2D eigenvalue weighted by molar-refractivity contribution is 6.35. The van der Waals surface area contributed by atoms with E-state index in [4.69, 9.17) is 32.5 Å². The summed E-state index contributed by atoms with van der Waals surface area (Å²) < 4.78 is 24.3. The fourth-order valence-electron chi connectivity index (χ4n) is 2.42. The van der Waals surface area contributed by atoms with Crippen LogP contribution in [0.1, 0.15) is 23.4 Å². The fraction of sp³-hybridized carbons (Fsp3) is 0.429. The minimum absolute atomic E-state index is 0.00341. The SMILES string of the molecule is Cc1nc(CN2CCOC(c3cc(F)c(Cl)cc3Cl)C2)no1. The van der Waals surface area contributed by atoms with Crippen LogP contribution >= 0.6 is 23.2 Å². The third-order valence-corrected chi connectivity index (χ3v) is 4.09. The highest BCUT2D eigenvalue weighted by Crippen LogP contribution is 2.32. The van der Waals surface area contributed by atoms with Gasteiger partial charge in [0.15, 0.2) is 5.82 Å². The number of morpholine rings is 1. The number of aryl methyl sites for hydroxylation is 1. The standard InChI is InChI=1S/C14H14Cl2FN3O2/c1-8-18-14(19-22-8)7-20-2-3-21-13(6-20)9-4-12(17)11(16)5-10(9)15/h4-5,13H,2-3,6-7H2,1H3. The summed E-state index contributed by atoms with van der Waals surface area (Å²) in [5.41, 5.74) is 0.595. The average molecular weight is 346 g/mol. The maximum absolute atomic E-state index is 13.7. The first-order valence-corrected chi connectivity index (χ1v) is 7.56. The molecule has 3 rings (SSSR count). The first-order chi connectivity index (χ1) is 10.5. The second-order valence-corrected chi connectivity index (χ2v) is 5.93. The van der Waals surface area contributed by atoms with Gasteiger partial charge in [-0.05, 0) is 12.1 Å². The molecule has 1 aromatic carbocycles. The topological polar surface area (TPSA) is 51.4 Å². The monoisotopic (exact) mass is 345 g/mol. The number of hydrogen-bond acceptors (Lipinski definition) is 5. The molecule has 1 aliphatic rings. The predicted molar refractivity (Wildman–Crippen MR) is 79.4 cm³/mol. The maximum atomic E-state index is 13.7. The summed E-state index contributed by atoms with van der Waals surface area (Å²) in [6, 6.07) is 2.73. The number of ether oxygens (including phenoxy) is 1. The Morgan fingerprint density at radius 1 is 1.36 bits per heavy atom. The summed E-state index contributed by atoms with van der Waals surface area (Å²) in [6.45, 7) is 4.11. The molecule has 0 aliphatic carbocycles. The molecule has 118 valence electrons. The molecular weight excluding hydrogens is 332 g/mol. The number of halogens is 3. The molecule has 1 aromatic heterocycles. The summed E-state index contributed by atoms with van der Waals surface area (Å²) in [7, 11) is 0. The Morgan fingerprint density at radius 3 is 2.91 bits per heavy atom. The van der Waals surface area contributed by atoms with Gasteiger partial charge in [-0.25, -0.2) is 4.39 Å². The minimum atomic E-state index is -0.504. The van der Waals surface area contributed by atoms with Gasteiger partial charge in [0.05, 0.1) is 24.3 Å². The molecule has 0 spiro atoms. The van der Waals surface area contributed by atoms with E-state index >= 15 is 0 Å². The first kappa shape index (κ1) is 15.7. The number of nitrogens with zero attached hydrogens (tertiary/aromatic N) is 3. The zero-order valence-corrected chi connectivity index (χ0v) is 13.4. The van der Waals surface area contributed by atoms with Crippen molar-refractivity contribution in [2.24, 2.45) is 0 Å². The van der Waals surface area contributed by atoms with Gasteiger partial charge in [-0.1, -0.05) is 28.4 Å². The molecule has 2 heterocycles. The van der Waals surface area contributed by atoms with Crippen molar-refractivity contribution in [3.8, 4) is 0 Å². The lowest BCUT2D eigenvalue weighted by Crippen LogP contribution is -2.38. The van der Waals surface area contributed by atoms with Crippen LogP contribution in [0, 0.1) is 12.7 Å². The van der Waals surface area contributed by atoms with Gasteiger partial charge in [0.25, 0.3) is 0 Å². The first-order valence-electron chi connectivity index (χ1n) is 6.80. The van der Waals surface area contributed by atoms with E-state index in [2.05, 4.69) is 15.0 Å². The van der Waals surface area contributed by atoms with E-state index in [9.17, 15) is 4.39 Å². The predicted octanol–water partition coefficient (Wildman–Crippen LogP) is 3.40. The molecular formula is C14H14Cl2FN3O2. The second kappa shape index (κ2) is 6.50. The van der Waals surface area contributed by atoms with Crippen LogP contribution in [0.15, 0.2) is 16.7 Å². The van der Waals surface area contributed by atoms with E-state index in [1.807, 2.05) is 0 Å². The molecule has 8 heteroatoms. The molecule has 1 unspecified atom stereocenters. The Morgan fingerprint density at radius 2 is 2.18 bits per heavy atom. The van der Waals surface area contributed by atoms with Gasteiger partial charge in [-0.3, -0.25) is 4.90 Å².